The lowest BCUT2D eigenvalue weighted by Crippen LogP contribution is -2.70. The normalized spacial score (nSPS) is 29.6. The van der Waals surface area contributed by atoms with Crippen LogP contribution in [-0.2, 0) is 59.2 Å². The minimum absolute atomic E-state index is 0.0448. The molecule has 1 spiro atoms. The fourth-order valence-electron chi connectivity index (χ4n) is 8.56. The Morgan fingerprint density at radius 2 is 1.69 bits per heavy atom. The molecule has 3 aliphatic heterocycles. The minimum Gasteiger partial charge on any atom is -0.458 e. The van der Waals surface area contributed by atoms with Gasteiger partial charge in [0.1, 0.15) is 35.9 Å². The first kappa shape index (κ1) is 32.8. The van der Waals surface area contributed by atoms with Crippen LogP contribution in [0.3, 0.4) is 0 Å². The molecule has 7 atom stereocenters. The molecule has 1 saturated carbocycles. The second-order valence-electron chi connectivity index (χ2n) is 13.7. The van der Waals surface area contributed by atoms with E-state index in [1.807, 2.05) is 66.7 Å². The summed E-state index contributed by atoms with van der Waals surface area (Å²) in [5, 5.41) is 13.8. The van der Waals surface area contributed by atoms with Gasteiger partial charge in [0.05, 0.1) is 13.2 Å². The summed E-state index contributed by atoms with van der Waals surface area (Å²) in [7, 11) is 1.61. The van der Waals surface area contributed by atoms with Gasteiger partial charge in [0, 0.05) is 42.8 Å². The molecule has 0 aromatic heterocycles. The van der Waals surface area contributed by atoms with Crippen molar-refractivity contribution in [2.24, 2.45) is 5.41 Å². The number of aliphatic hydroxyl groups excluding tert-OH is 1. The van der Waals surface area contributed by atoms with Crippen molar-refractivity contribution < 1.29 is 38.5 Å². The van der Waals surface area contributed by atoms with Gasteiger partial charge in [0.25, 0.3) is 0 Å². The van der Waals surface area contributed by atoms with E-state index < -0.39 is 65.5 Å². The molecule has 4 fully saturated rings. The van der Waals surface area contributed by atoms with Gasteiger partial charge in [-0.25, -0.2) is 0 Å². The van der Waals surface area contributed by atoms with Crippen LogP contribution in [0, 0.1) is 8.99 Å². The first-order valence-electron chi connectivity index (χ1n) is 16.7. The van der Waals surface area contributed by atoms with Gasteiger partial charge in [-0.3, -0.25) is 19.2 Å². The van der Waals surface area contributed by atoms with E-state index in [4.69, 9.17) is 19.0 Å². The molecule has 11 nitrogen and oxygen atoms in total. The lowest BCUT2D eigenvalue weighted by atomic mass is 9.62. The van der Waals surface area contributed by atoms with Crippen LogP contribution in [0.15, 0.2) is 78.9 Å². The van der Waals surface area contributed by atoms with Crippen molar-refractivity contribution in [1.29, 1.82) is 0 Å². The number of carbonyl (C=O) groups excluding carboxylic acids is 3. The molecular formula is C37H38IN3O8. The van der Waals surface area contributed by atoms with Crippen LogP contribution in [0.5, 0.6) is 0 Å². The molecule has 3 heterocycles. The van der Waals surface area contributed by atoms with Crippen molar-refractivity contribution in [1.82, 2.24) is 15.3 Å². The number of hydrogen-bond donors (Lipinski definition) is 2. The van der Waals surface area contributed by atoms with Crippen LogP contribution >= 0.6 is 22.6 Å². The largest absolute Gasteiger partial charge is 0.458 e. The van der Waals surface area contributed by atoms with Crippen LogP contribution in [0.2, 0.25) is 0 Å². The number of benzene rings is 3. The highest BCUT2D eigenvalue weighted by Gasteiger charge is 2.77. The molecule has 49 heavy (non-hydrogen) atoms. The number of nitrogens with one attached hydrogen (secondary N) is 1. The summed E-state index contributed by atoms with van der Waals surface area (Å²) < 4.78 is 20.8. The van der Waals surface area contributed by atoms with Gasteiger partial charge in [-0.1, -0.05) is 66.7 Å². The van der Waals surface area contributed by atoms with Gasteiger partial charge < -0.3 is 29.5 Å². The maximum Gasteiger partial charge on any atom is 0.327 e. The molecular weight excluding hydrogens is 741 g/mol. The van der Waals surface area contributed by atoms with Gasteiger partial charge in [0.2, 0.25) is 11.8 Å². The Morgan fingerprint density at radius 1 is 1.00 bits per heavy atom. The maximum atomic E-state index is 15.3. The average molecular weight is 780 g/mol. The SMILES string of the molecule is CN(C(=O)C12CC3OC(=O)C1N(Cc1cccc(I)c1)OC2C1OC2(Cc4ccccc4C2)OC31)C(Cc1ccccc1)C(=O)NCCO. The summed E-state index contributed by atoms with van der Waals surface area (Å²) in [4.78, 5) is 51.3. The Hall–Kier alpha value is -3.40. The van der Waals surface area contributed by atoms with E-state index in [9.17, 15) is 14.7 Å². The number of carbonyl (C=O) groups is 3. The monoisotopic (exact) mass is 779 g/mol. The quantitative estimate of drug-likeness (QED) is 0.249. The van der Waals surface area contributed by atoms with Crippen LogP contribution < -0.4 is 5.32 Å². The van der Waals surface area contributed by atoms with Gasteiger partial charge in [0.15, 0.2) is 11.8 Å². The molecule has 3 saturated heterocycles. The zero-order chi connectivity index (χ0) is 33.9. The highest BCUT2D eigenvalue weighted by molar-refractivity contribution is 14.1. The summed E-state index contributed by atoms with van der Waals surface area (Å²) >= 11 is 2.24. The average Bonchev–Trinajstić information content (AvgIpc) is 3.77. The molecule has 12 heteroatoms. The molecule has 2 aliphatic carbocycles. The Balaban J connectivity index is 1.18. The predicted molar refractivity (Wildman–Crippen MR) is 183 cm³/mol. The van der Waals surface area contributed by atoms with E-state index in [1.54, 1.807) is 12.1 Å². The predicted octanol–water partition coefficient (Wildman–Crippen LogP) is 2.55. The Labute approximate surface area is 297 Å². The minimum atomic E-state index is -1.43. The summed E-state index contributed by atoms with van der Waals surface area (Å²) in [6.45, 7) is 0.0369. The molecule has 2 bridgehead atoms. The number of fused-ring (bicyclic) bond motifs is 5. The molecule has 3 aromatic rings. The fourth-order valence-corrected chi connectivity index (χ4v) is 9.17. The zero-order valence-corrected chi connectivity index (χ0v) is 29.2. The van der Waals surface area contributed by atoms with Crippen LogP contribution in [0.4, 0.5) is 0 Å². The van der Waals surface area contributed by atoms with E-state index in [0.29, 0.717) is 12.8 Å². The second kappa shape index (κ2) is 12.7. The highest BCUT2D eigenvalue weighted by atomic mass is 127. The standard InChI is InChI=1S/C37H38IN3O8/c1-40(27(33(43)39-14-15-42)17-22-8-3-2-4-9-22)35(45)37-20-28-29-30(48-36(47-29)18-24-11-5-6-12-25(24)19-36)32(37)49-41(31(37)34(44)46-28)21-23-10-7-13-26(38)16-23/h2-13,16,27-32,42H,14-15,17-21H2,1H3,(H,39,43). The van der Waals surface area contributed by atoms with Crippen molar-refractivity contribution in [3.63, 3.8) is 0 Å². The number of ether oxygens (including phenoxy) is 3. The summed E-state index contributed by atoms with van der Waals surface area (Å²) in [6, 6.07) is 23.5. The number of hydroxylamine groups is 2. The fraction of sp³-hybridized carbons (Fsp3) is 0.432. The Morgan fingerprint density at radius 3 is 2.41 bits per heavy atom. The first-order valence-corrected chi connectivity index (χ1v) is 17.8. The molecule has 3 aromatic carbocycles. The number of amides is 2. The van der Waals surface area contributed by atoms with E-state index >= 15 is 4.79 Å². The third kappa shape index (κ3) is 5.56. The molecule has 7 unspecified atom stereocenters. The van der Waals surface area contributed by atoms with Crippen molar-refractivity contribution in [3.05, 3.63) is 105 Å². The summed E-state index contributed by atoms with van der Waals surface area (Å²) in [6.07, 6.45) is -1.52. The van der Waals surface area contributed by atoms with E-state index in [2.05, 4.69) is 40.0 Å². The van der Waals surface area contributed by atoms with E-state index in [0.717, 1.165) is 25.8 Å². The molecule has 256 valence electrons. The number of rotatable bonds is 9. The van der Waals surface area contributed by atoms with Crippen LogP contribution in [0.25, 0.3) is 0 Å². The van der Waals surface area contributed by atoms with Crippen molar-refractivity contribution in [2.75, 3.05) is 20.2 Å². The van der Waals surface area contributed by atoms with Crippen LogP contribution in [-0.4, -0.2) is 95.3 Å². The van der Waals surface area contributed by atoms with Crippen molar-refractivity contribution in [2.45, 2.75) is 74.5 Å². The zero-order valence-electron chi connectivity index (χ0n) is 27.0. The third-order valence-corrected chi connectivity index (χ3v) is 11.4. The number of likely N-dealkylation sites (N-methyl/N-ethyl adjacent to an activating group) is 1. The highest BCUT2D eigenvalue weighted by Crippen LogP contribution is 2.59. The summed E-state index contributed by atoms with van der Waals surface area (Å²) in [5.41, 5.74) is 2.61. The first-order chi connectivity index (χ1) is 23.7. The second-order valence-corrected chi connectivity index (χ2v) is 14.9. The van der Waals surface area contributed by atoms with Gasteiger partial charge in [-0.15, -0.1) is 0 Å². The number of aliphatic hydroxyl groups is 1. The Kier molecular flexibility index (Phi) is 8.52. The summed E-state index contributed by atoms with van der Waals surface area (Å²) in [5.74, 6) is -2.33. The van der Waals surface area contributed by atoms with Gasteiger partial charge in [-0.05, 0) is 57.0 Å². The van der Waals surface area contributed by atoms with Gasteiger partial charge in [-0.2, -0.15) is 5.06 Å². The number of esters is 1. The van der Waals surface area contributed by atoms with E-state index in [-0.39, 0.29) is 32.5 Å². The van der Waals surface area contributed by atoms with E-state index in [1.165, 1.54) is 4.90 Å². The molecule has 5 aliphatic rings. The topological polar surface area (TPSA) is 127 Å². The lowest BCUT2D eigenvalue weighted by molar-refractivity contribution is -0.218. The number of nitrogens with zero attached hydrogens (tertiary/aromatic N) is 2. The number of halogens is 1. The maximum absolute atomic E-state index is 15.3. The van der Waals surface area contributed by atoms with Gasteiger partial charge >= 0.3 is 5.97 Å². The Bertz CT molecular complexity index is 1750. The molecule has 2 amide bonds. The number of hydrogen-bond acceptors (Lipinski definition) is 9. The van der Waals surface area contributed by atoms with Crippen LogP contribution in [0.1, 0.15) is 28.7 Å². The van der Waals surface area contributed by atoms with Crippen molar-refractivity contribution >= 4 is 40.4 Å². The molecule has 8 rings (SSSR count). The third-order valence-electron chi connectivity index (χ3n) is 10.7. The smallest absolute Gasteiger partial charge is 0.327 e. The lowest BCUT2D eigenvalue weighted by Gasteiger charge is -2.50. The molecule has 2 N–H and O–H groups in total. The molecule has 0 radical (unpaired) electrons. The van der Waals surface area contributed by atoms with Crippen molar-refractivity contribution in [3.8, 4) is 0 Å².